The second-order valence-electron chi connectivity index (χ2n) is 5.54. The van der Waals surface area contributed by atoms with Crippen molar-refractivity contribution in [2.75, 3.05) is 7.11 Å². The largest absolute Gasteiger partial charge is 0.465 e. The lowest BCUT2D eigenvalue weighted by molar-refractivity contribution is -0.120. The molecule has 0 unspecified atom stereocenters. The molecule has 1 amide bonds. The van der Waals surface area contributed by atoms with Crippen LogP contribution in [-0.2, 0) is 16.0 Å². The van der Waals surface area contributed by atoms with Gasteiger partial charge >= 0.3 is 5.97 Å². The molecule has 1 heterocycles. The highest BCUT2D eigenvalue weighted by atomic mass is 32.1. The summed E-state index contributed by atoms with van der Waals surface area (Å²) < 4.78 is 4.73. The summed E-state index contributed by atoms with van der Waals surface area (Å²) in [6.07, 6.45) is 1.55. The molecule has 1 N–H and O–H groups in total. The lowest BCUT2D eigenvalue weighted by Gasteiger charge is -2.03. The van der Waals surface area contributed by atoms with E-state index in [-0.39, 0.29) is 12.3 Å². The highest BCUT2D eigenvalue weighted by Gasteiger charge is 2.10. The maximum Gasteiger partial charge on any atom is 0.338 e. The first kappa shape index (κ1) is 18.5. The Bertz CT molecular complexity index is 967. The zero-order valence-electron chi connectivity index (χ0n) is 14.6. The molecule has 0 atom stereocenters. The van der Waals surface area contributed by atoms with Gasteiger partial charge in [-0.15, -0.1) is 11.3 Å². The summed E-state index contributed by atoms with van der Waals surface area (Å²) in [5.41, 5.74) is 5.26. The number of ether oxygens (including phenoxy) is 1. The monoisotopic (exact) mass is 379 g/mol. The summed E-state index contributed by atoms with van der Waals surface area (Å²) in [5.74, 6) is -0.740. The molecule has 3 rings (SSSR count). The number of esters is 1. The van der Waals surface area contributed by atoms with Crippen molar-refractivity contribution in [3.8, 4) is 11.3 Å². The lowest BCUT2D eigenvalue weighted by atomic mass is 10.1. The van der Waals surface area contributed by atoms with Gasteiger partial charge in [0.25, 0.3) is 0 Å². The Morgan fingerprint density at radius 2 is 1.89 bits per heavy atom. The topological polar surface area (TPSA) is 80.6 Å². The molecule has 27 heavy (non-hydrogen) atoms. The number of amides is 1. The SMILES string of the molecule is COC(=O)c1ccccc1/C=N\NC(=O)Cc1nc(-c2ccccc2)cs1. The Morgan fingerprint density at radius 3 is 2.67 bits per heavy atom. The van der Waals surface area contributed by atoms with E-state index in [0.717, 1.165) is 11.3 Å². The van der Waals surface area contributed by atoms with Gasteiger partial charge < -0.3 is 4.74 Å². The standard InChI is InChI=1S/C20H17N3O3S/c1-26-20(25)16-10-6-5-9-15(16)12-21-23-18(24)11-19-22-17(13-27-19)14-7-3-2-4-8-14/h2-10,12-13H,11H2,1H3,(H,23,24)/b21-12-. The number of nitrogens with one attached hydrogen (secondary N) is 1. The average Bonchev–Trinajstić information content (AvgIpc) is 3.17. The fourth-order valence-electron chi connectivity index (χ4n) is 2.39. The van der Waals surface area contributed by atoms with Gasteiger partial charge in [0.2, 0.25) is 5.91 Å². The van der Waals surface area contributed by atoms with Crippen LogP contribution in [0, 0.1) is 0 Å². The Labute approximate surface area is 160 Å². The van der Waals surface area contributed by atoms with Crippen LogP contribution < -0.4 is 5.43 Å². The normalized spacial score (nSPS) is 10.7. The summed E-state index contributed by atoms with van der Waals surface area (Å²) in [7, 11) is 1.32. The number of methoxy groups -OCH3 is 1. The molecule has 2 aromatic carbocycles. The summed E-state index contributed by atoms with van der Waals surface area (Å²) in [4.78, 5) is 28.3. The van der Waals surface area contributed by atoms with E-state index in [9.17, 15) is 9.59 Å². The second-order valence-corrected chi connectivity index (χ2v) is 6.48. The number of aromatic nitrogens is 1. The molecule has 3 aromatic rings. The number of benzene rings is 2. The molecule has 0 spiro atoms. The van der Waals surface area contributed by atoms with Gasteiger partial charge in [-0.2, -0.15) is 5.10 Å². The van der Waals surface area contributed by atoms with E-state index in [0.29, 0.717) is 16.1 Å². The van der Waals surface area contributed by atoms with Crippen molar-refractivity contribution in [2.24, 2.45) is 5.10 Å². The van der Waals surface area contributed by atoms with Gasteiger partial charge in [-0.25, -0.2) is 15.2 Å². The van der Waals surface area contributed by atoms with Crippen molar-refractivity contribution < 1.29 is 14.3 Å². The number of hydrogen-bond acceptors (Lipinski definition) is 6. The van der Waals surface area contributed by atoms with Crippen molar-refractivity contribution in [1.82, 2.24) is 10.4 Å². The van der Waals surface area contributed by atoms with Crippen LogP contribution in [0.15, 0.2) is 65.1 Å². The number of carbonyl (C=O) groups excluding carboxylic acids is 2. The lowest BCUT2D eigenvalue weighted by Crippen LogP contribution is -2.20. The van der Waals surface area contributed by atoms with E-state index in [1.807, 2.05) is 35.7 Å². The molecule has 0 saturated carbocycles. The van der Waals surface area contributed by atoms with Crippen molar-refractivity contribution in [3.63, 3.8) is 0 Å². The molecule has 0 saturated heterocycles. The zero-order valence-corrected chi connectivity index (χ0v) is 15.4. The predicted molar refractivity (Wildman–Crippen MR) is 105 cm³/mol. The highest BCUT2D eigenvalue weighted by Crippen LogP contribution is 2.21. The minimum atomic E-state index is -0.459. The summed E-state index contributed by atoms with van der Waals surface area (Å²) in [6, 6.07) is 16.6. The third-order valence-corrected chi connectivity index (χ3v) is 4.54. The van der Waals surface area contributed by atoms with Crippen LogP contribution in [0.1, 0.15) is 20.9 Å². The first-order valence-electron chi connectivity index (χ1n) is 8.16. The first-order chi connectivity index (χ1) is 13.2. The number of nitrogens with zero attached hydrogens (tertiary/aromatic N) is 2. The Morgan fingerprint density at radius 1 is 1.15 bits per heavy atom. The molecule has 0 aliphatic heterocycles. The summed E-state index contributed by atoms with van der Waals surface area (Å²) in [5, 5.41) is 6.55. The molecule has 0 aliphatic rings. The van der Waals surface area contributed by atoms with Gasteiger partial charge in [-0.3, -0.25) is 4.79 Å². The van der Waals surface area contributed by atoms with E-state index in [1.165, 1.54) is 24.7 Å². The Kier molecular flexibility index (Phi) is 6.06. The third-order valence-electron chi connectivity index (χ3n) is 3.69. The smallest absolute Gasteiger partial charge is 0.338 e. The van der Waals surface area contributed by atoms with E-state index in [1.54, 1.807) is 24.3 Å². The van der Waals surface area contributed by atoms with Gasteiger partial charge in [0.15, 0.2) is 0 Å². The summed E-state index contributed by atoms with van der Waals surface area (Å²) >= 11 is 1.43. The van der Waals surface area contributed by atoms with E-state index < -0.39 is 5.97 Å². The maximum absolute atomic E-state index is 12.1. The van der Waals surface area contributed by atoms with Crippen molar-refractivity contribution in [1.29, 1.82) is 0 Å². The molecule has 6 nitrogen and oxygen atoms in total. The predicted octanol–water partition coefficient (Wildman–Crippen LogP) is 3.29. The van der Waals surface area contributed by atoms with Gasteiger partial charge in [-0.1, -0.05) is 48.5 Å². The second kappa shape index (κ2) is 8.86. The number of rotatable bonds is 6. The minimum Gasteiger partial charge on any atom is -0.465 e. The average molecular weight is 379 g/mol. The number of hydrazone groups is 1. The molecule has 1 aromatic heterocycles. The van der Waals surface area contributed by atoms with Crippen molar-refractivity contribution in [3.05, 3.63) is 76.1 Å². The van der Waals surface area contributed by atoms with Crippen LogP contribution in [0.25, 0.3) is 11.3 Å². The van der Waals surface area contributed by atoms with E-state index >= 15 is 0 Å². The maximum atomic E-state index is 12.1. The van der Waals surface area contributed by atoms with Crippen LogP contribution in [0.2, 0.25) is 0 Å². The Balaban J connectivity index is 1.60. The fourth-order valence-corrected chi connectivity index (χ4v) is 3.19. The van der Waals surface area contributed by atoms with Crippen LogP contribution >= 0.6 is 11.3 Å². The van der Waals surface area contributed by atoms with Gasteiger partial charge in [0.05, 0.1) is 31.0 Å². The molecular formula is C20H17N3O3S. The van der Waals surface area contributed by atoms with Gasteiger partial charge in [0.1, 0.15) is 5.01 Å². The van der Waals surface area contributed by atoms with E-state index in [2.05, 4.69) is 15.5 Å². The highest BCUT2D eigenvalue weighted by molar-refractivity contribution is 7.10. The molecule has 0 fully saturated rings. The van der Waals surface area contributed by atoms with Gasteiger partial charge in [0, 0.05) is 16.5 Å². The Hall–Kier alpha value is -3.32. The van der Waals surface area contributed by atoms with Gasteiger partial charge in [-0.05, 0) is 6.07 Å². The molecule has 0 aliphatic carbocycles. The van der Waals surface area contributed by atoms with Crippen LogP contribution in [0.3, 0.4) is 0 Å². The number of carbonyl (C=O) groups is 2. The minimum absolute atomic E-state index is 0.132. The summed E-state index contributed by atoms with van der Waals surface area (Å²) in [6.45, 7) is 0. The molecular weight excluding hydrogens is 362 g/mol. The van der Waals surface area contributed by atoms with Crippen LogP contribution in [-0.4, -0.2) is 30.2 Å². The first-order valence-corrected chi connectivity index (χ1v) is 9.04. The number of hydrogen-bond donors (Lipinski definition) is 1. The van der Waals surface area contributed by atoms with Crippen LogP contribution in [0.5, 0.6) is 0 Å². The fraction of sp³-hybridized carbons (Fsp3) is 0.100. The van der Waals surface area contributed by atoms with Crippen LogP contribution in [0.4, 0.5) is 0 Å². The molecule has 136 valence electrons. The molecule has 7 heteroatoms. The van der Waals surface area contributed by atoms with Crippen molar-refractivity contribution in [2.45, 2.75) is 6.42 Å². The quantitative estimate of drug-likeness (QED) is 0.405. The molecule has 0 bridgehead atoms. The zero-order chi connectivity index (χ0) is 19.1. The van der Waals surface area contributed by atoms with Crippen molar-refractivity contribution >= 4 is 29.4 Å². The van der Waals surface area contributed by atoms with E-state index in [4.69, 9.17) is 4.74 Å². The third kappa shape index (κ3) is 4.86. The molecule has 0 radical (unpaired) electrons. The number of thiazole rings is 1.